The van der Waals surface area contributed by atoms with Gasteiger partial charge < -0.3 is 15.0 Å². The van der Waals surface area contributed by atoms with Crippen molar-refractivity contribution in [2.24, 2.45) is 0 Å². The van der Waals surface area contributed by atoms with Crippen molar-refractivity contribution < 1.29 is 9.53 Å². The van der Waals surface area contributed by atoms with E-state index in [2.05, 4.69) is 59.4 Å². The maximum absolute atomic E-state index is 12.5. The van der Waals surface area contributed by atoms with Crippen LogP contribution >= 0.6 is 0 Å². The van der Waals surface area contributed by atoms with Gasteiger partial charge in [-0.05, 0) is 74.6 Å². The standard InChI is InChI=1S/C25H28N4O2/c1-15-4-5-19(25(30)27-21-7-8-21)11-23(15)18-6-9-22-20(10-18)12-26-28-24(22)29-13-17(3)31-14-16(29)2/h4-6,9-12,16-17,21H,7-8,13-14H2,1-3H3,(H,27,30)/t16-,17+/m1/s1. The zero-order chi connectivity index (χ0) is 21.5. The van der Waals surface area contributed by atoms with Crippen LogP contribution in [-0.4, -0.2) is 47.4 Å². The number of rotatable bonds is 4. The van der Waals surface area contributed by atoms with Gasteiger partial charge in [0.2, 0.25) is 0 Å². The molecule has 2 fully saturated rings. The monoisotopic (exact) mass is 416 g/mol. The first-order valence-electron chi connectivity index (χ1n) is 11.0. The number of morpholine rings is 1. The van der Waals surface area contributed by atoms with E-state index in [1.54, 1.807) is 0 Å². The molecule has 6 nitrogen and oxygen atoms in total. The Morgan fingerprint density at radius 3 is 2.81 bits per heavy atom. The summed E-state index contributed by atoms with van der Waals surface area (Å²) in [6.07, 6.45) is 4.15. The predicted molar refractivity (Wildman–Crippen MR) is 122 cm³/mol. The summed E-state index contributed by atoms with van der Waals surface area (Å²) in [6, 6.07) is 12.9. The molecule has 0 bridgehead atoms. The van der Waals surface area contributed by atoms with Crippen LogP contribution in [0.15, 0.2) is 42.6 Å². The maximum atomic E-state index is 12.5. The minimum atomic E-state index is 0.00752. The molecular formula is C25H28N4O2. The van der Waals surface area contributed by atoms with Gasteiger partial charge in [-0.15, -0.1) is 5.10 Å². The summed E-state index contributed by atoms with van der Waals surface area (Å²) >= 11 is 0. The van der Waals surface area contributed by atoms with Crippen molar-refractivity contribution in [3.63, 3.8) is 0 Å². The minimum absolute atomic E-state index is 0.00752. The van der Waals surface area contributed by atoms with Crippen molar-refractivity contribution in [1.29, 1.82) is 0 Å². The molecule has 2 aromatic carbocycles. The van der Waals surface area contributed by atoms with Gasteiger partial charge in [-0.25, -0.2) is 0 Å². The van der Waals surface area contributed by atoms with Gasteiger partial charge in [0, 0.05) is 28.9 Å². The summed E-state index contributed by atoms with van der Waals surface area (Å²) in [7, 11) is 0. The number of benzene rings is 2. The first-order valence-corrected chi connectivity index (χ1v) is 11.0. The normalized spacial score (nSPS) is 21.3. The number of aromatic nitrogens is 2. The van der Waals surface area contributed by atoms with Crippen LogP contribution in [0, 0.1) is 6.92 Å². The van der Waals surface area contributed by atoms with Crippen molar-refractivity contribution in [2.75, 3.05) is 18.1 Å². The molecule has 1 aliphatic carbocycles. The van der Waals surface area contributed by atoms with E-state index in [4.69, 9.17) is 4.74 Å². The number of ether oxygens (including phenoxy) is 1. The largest absolute Gasteiger partial charge is 0.375 e. The van der Waals surface area contributed by atoms with Crippen LogP contribution in [0.2, 0.25) is 0 Å². The van der Waals surface area contributed by atoms with Crippen molar-refractivity contribution in [3.05, 3.63) is 53.7 Å². The molecule has 31 heavy (non-hydrogen) atoms. The molecule has 2 aliphatic rings. The minimum Gasteiger partial charge on any atom is -0.375 e. The average Bonchev–Trinajstić information content (AvgIpc) is 3.59. The molecule has 1 N–H and O–H groups in total. The first kappa shape index (κ1) is 19.9. The van der Waals surface area contributed by atoms with Crippen molar-refractivity contribution in [2.45, 2.75) is 51.8 Å². The average molecular weight is 417 g/mol. The van der Waals surface area contributed by atoms with E-state index in [1.165, 1.54) is 0 Å². The van der Waals surface area contributed by atoms with E-state index < -0.39 is 0 Å². The topological polar surface area (TPSA) is 67.4 Å². The van der Waals surface area contributed by atoms with Gasteiger partial charge in [0.15, 0.2) is 5.82 Å². The lowest BCUT2D eigenvalue weighted by molar-refractivity contribution is 0.0341. The molecular weight excluding hydrogens is 388 g/mol. The Morgan fingerprint density at radius 2 is 2.00 bits per heavy atom. The number of amides is 1. The van der Waals surface area contributed by atoms with Gasteiger partial charge in [-0.3, -0.25) is 4.79 Å². The summed E-state index contributed by atoms with van der Waals surface area (Å²) in [6.45, 7) is 7.81. The molecule has 1 saturated heterocycles. The molecule has 0 radical (unpaired) electrons. The number of anilines is 1. The third-order valence-electron chi connectivity index (χ3n) is 6.24. The van der Waals surface area contributed by atoms with E-state index in [0.717, 1.165) is 52.7 Å². The molecule has 3 aromatic rings. The summed E-state index contributed by atoms with van der Waals surface area (Å²) < 4.78 is 5.78. The fraction of sp³-hybridized carbons (Fsp3) is 0.400. The zero-order valence-electron chi connectivity index (χ0n) is 18.3. The molecule has 0 unspecified atom stereocenters. The Bertz CT molecular complexity index is 1140. The van der Waals surface area contributed by atoms with Crippen molar-refractivity contribution in [1.82, 2.24) is 15.5 Å². The van der Waals surface area contributed by atoms with E-state index in [9.17, 15) is 4.79 Å². The molecule has 1 aliphatic heterocycles. The molecule has 0 spiro atoms. The Labute approximate surface area is 182 Å². The lowest BCUT2D eigenvalue weighted by Crippen LogP contribution is -2.48. The fourth-order valence-corrected chi connectivity index (χ4v) is 4.22. The molecule has 2 atom stereocenters. The highest BCUT2D eigenvalue weighted by Gasteiger charge is 2.26. The fourth-order valence-electron chi connectivity index (χ4n) is 4.22. The molecule has 1 aromatic heterocycles. The third kappa shape index (κ3) is 4.00. The van der Waals surface area contributed by atoms with E-state index >= 15 is 0 Å². The summed E-state index contributed by atoms with van der Waals surface area (Å²) in [5, 5.41) is 14.0. The SMILES string of the molecule is Cc1ccc(C(=O)NC2CC2)cc1-c1ccc2c(N3C[C@H](C)OC[C@H]3C)nncc2c1. The van der Waals surface area contributed by atoms with E-state index in [1.807, 2.05) is 24.4 Å². The Kier molecular flexibility index (Phi) is 5.10. The zero-order valence-corrected chi connectivity index (χ0v) is 18.3. The Balaban J connectivity index is 1.51. The van der Waals surface area contributed by atoms with Gasteiger partial charge >= 0.3 is 0 Å². The predicted octanol–water partition coefficient (Wildman–Crippen LogP) is 4.11. The molecule has 1 amide bonds. The number of fused-ring (bicyclic) bond motifs is 1. The number of carbonyl (C=O) groups excluding carboxylic acids is 1. The second kappa shape index (κ2) is 7.93. The number of nitrogens with zero attached hydrogens (tertiary/aromatic N) is 3. The maximum Gasteiger partial charge on any atom is 0.251 e. The van der Waals surface area contributed by atoms with Gasteiger partial charge in [0.1, 0.15) is 0 Å². The van der Waals surface area contributed by atoms with Gasteiger partial charge in [0.25, 0.3) is 5.91 Å². The molecule has 1 saturated carbocycles. The van der Waals surface area contributed by atoms with Crippen LogP contribution < -0.4 is 10.2 Å². The van der Waals surface area contributed by atoms with Crippen LogP contribution in [0.3, 0.4) is 0 Å². The highest BCUT2D eigenvalue weighted by atomic mass is 16.5. The van der Waals surface area contributed by atoms with E-state index in [0.29, 0.717) is 18.2 Å². The number of nitrogens with one attached hydrogen (secondary N) is 1. The Hall–Kier alpha value is -2.99. The number of hydrogen-bond acceptors (Lipinski definition) is 5. The summed E-state index contributed by atoms with van der Waals surface area (Å²) in [5.41, 5.74) is 3.99. The smallest absolute Gasteiger partial charge is 0.251 e. The van der Waals surface area contributed by atoms with Crippen LogP contribution in [0.4, 0.5) is 5.82 Å². The molecule has 5 rings (SSSR count). The second-order valence-electron chi connectivity index (χ2n) is 8.89. The number of aryl methyl sites for hydroxylation is 1. The van der Waals surface area contributed by atoms with E-state index in [-0.39, 0.29) is 18.1 Å². The highest BCUT2D eigenvalue weighted by Crippen LogP contribution is 2.32. The first-order chi connectivity index (χ1) is 15.0. The van der Waals surface area contributed by atoms with Gasteiger partial charge in [0.05, 0.1) is 24.9 Å². The lowest BCUT2D eigenvalue weighted by atomic mass is 9.96. The van der Waals surface area contributed by atoms with Gasteiger partial charge in [-0.2, -0.15) is 5.10 Å². The van der Waals surface area contributed by atoms with Gasteiger partial charge in [-0.1, -0.05) is 12.1 Å². The van der Waals surface area contributed by atoms with Crippen molar-refractivity contribution in [3.8, 4) is 11.1 Å². The lowest BCUT2D eigenvalue weighted by Gasteiger charge is -2.37. The van der Waals surface area contributed by atoms with Crippen LogP contribution in [0.5, 0.6) is 0 Å². The van der Waals surface area contributed by atoms with Crippen LogP contribution in [-0.2, 0) is 4.74 Å². The number of carbonyl (C=O) groups is 1. The van der Waals surface area contributed by atoms with Crippen LogP contribution in [0.1, 0.15) is 42.6 Å². The molecule has 160 valence electrons. The summed E-state index contributed by atoms with van der Waals surface area (Å²) in [5.74, 6) is 0.911. The number of hydrogen-bond donors (Lipinski definition) is 1. The van der Waals surface area contributed by atoms with Crippen molar-refractivity contribution >= 4 is 22.5 Å². The van der Waals surface area contributed by atoms with Crippen LogP contribution in [0.25, 0.3) is 21.9 Å². The summed E-state index contributed by atoms with van der Waals surface area (Å²) in [4.78, 5) is 14.8. The third-order valence-corrected chi connectivity index (χ3v) is 6.24. The quantitative estimate of drug-likeness (QED) is 0.693. The second-order valence-corrected chi connectivity index (χ2v) is 8.89. The molecule has 2 heterocycles. The Morgan fingerprint density at radius 1 is 1.16 bits per heavy atom. The highest BCUT2D eigenvalue weighted by molar-refractivity contribution is 5.98. The molecule has 6 heteroatoms.